The van der Waals surface area contributed by atoms with Gasteiger partial charge < -0.3 is 16.2 Å². The first-order valence-electron chi connectivity index (χ1n) is 24.2. The first kappa shape index (κ1) is 58.5. The molecule has 72 heavy (non-hydrogen) atoms. The molecule has 6 aromatic heterocycles. The monoisotopic (exact) mass is 1150 g/mol. The summed E-state index contributed by atoms with van der Waals surface area (Å²) >= 11 is 31.9. The molecule has 0 amide bonds. The van der Waals surface area contributed by atoms with E-state index in [1.165, 1.54) is 70.3 Å². The van der Waals surface area contributed by atoms with Crippen molar-refractivity contribution in [3.05, 3.63) is 117 Å². The number of aryl methyl sites for hydroxylation is 4. The maximum Gasteiger partial charge on any atom is 0.327 e. The largest absolute Gasteiger partial charge is 0.478 e. The number of nitrogens with two attached hydrogens (primary N) is 1. The quantitative estimate of drug-likeness (QED) is 0.0830. The van der Waals surface area contributed by atoms with Gasteiger partial charge in [-0.2, -0.15) is 9.97 Å². The summed E-state index contributed by atoms with van der Waals surface area (Å²) < 4.78 is 4.17. The average molecular weight is 1150 g/mol. The highest BCUT2D eigenvalue weighted by Gasteiger charge is 2.24. The van der Waals surface area contributed by atoms with Crippen LogP contribution >= 0.6 is 73.9 Å². The highest BCUT2D eigenvalue weighted by atomic mass is 79.9. The van der Waals surface area contributed by atoms with Crippen molar-refractivity contribution in [1.82, 2.24) is 49.0 Å². The molecule has 22 heteroatoms. The number of pyridine rings is 2. The predicted octanol–water partition coefficient (Wildman–Crippen LogP) is 12.9. The molecule has 4 saturated carbocycles. The van der Waals surface area contributed by atoms with E-state index in [1.807, 2.05) is 27.7 Å². The molecule has 4 fully saturated rings. The standard InChI is InChI=1S/C13H13BrClN3O.C13H14ClN3O.C10H14ClN3.C5H4Cl2N2.C5H11N.C4H6O2/c1-7-9-6-16-13(15)17-11(9)18(12(19)10(7)14)8-4-2-3-5-8;1-8-6-11(18)17(9-4-2-3-5-9)12-10(8)7-15-13(14)16-12;1-7-6-12-10(11)14-9(7)13-8-4-2-3-5-8;1-3-2-8-5(7)9-4(3)6;6-5-3-1-2-4-5;1-2-3-4(5)6/h6,8H,2-5H2,1H3;6-7,9H,2-5H2,1H3;6,8H,2-5H2,1H3,(H,12,13,14);2H,1H3;5H,1-4,6H2;2-3H,1H3,(H,5,6)/b;;;;;3-2+. The number of carbonyl (C=O) groups is 1. The van der Waals surface area contributed by atoms with Crippen molar-refractivity contribution in [2.75, 3.05) is 5.32 Å². The molecule has 4 aliphatic rings. The molecule has 0 spiro atoms. The number of hydrogen-bond acceptors (Lipinski definition) is 13. The third kappa shape index (κ3) is 17.1. The van der Waals surface area contributed by atoms with Gasteiger partial charge in [-0.3, -0.25) is 18.7 Å². The van der Waals surface area contributed by atoms with Gasteiger partial charge in [-0.15, -0.1) is 0 Å². The molecule has 6 aromatic rings. The topological polar surface area (TPSA) is 222 Å². The Hall–Kier alpha value is -4.36. The van der Waals surface area contributed by atoms with E-state index < -0.39 is 5.97 Å². The van der Waals surface area contributed by atoms with Gasteiger partial charge in [0.25, 0.3) is 11.1 Å². The fourth-order valence-electron chi connectivity index (χ4n) is 8.88. The predicted molar refractivity (Wildman–Crippen MR) is 293 cm³/mol. The highest BCUT2D eigenvalue weighted by molar-refractivity contribution is 9.10. The summed E-state index contributed by atoms with van der Waals surface area (Å²) in [5, 5.41) is 14.3. The van der Waals surface area contributed by atoms with Gasteiger partial charge in [0, 0.05) is 83.0 Å². The summed E-state index contributed by atoms with van der Waals surface area (Å²) in [7, 11) is 0. The highest BCUT2D eigenvalue weighted by Crippen LogP contribution is 2.33. The third-order valence-electron chi connectivity index (χ3n) is 12.7. The van der Waals surface area contributed by atoms with E-state index in [4.69, 9.17) is 68.8 Å². The summed E-state index contributed by atoms with van der Waals surface area (Å²) in [5.74, 6) is -0.00519. The smallest absolute Gasteiger partial charge is 0.327 e. The van der Waals surface area contributed by atoms with Crippen LogP contribution in [-0.4, -0.2) is 72.2 Å². The molecule has 0 unspecified atom stereocenters. The number of rotatable bonds is 5. The van der Waals surface area contributed by atoms with Crippen LogP contribution in [0.5, 0.6) is 0 Å². The lowest BCUT2D eigenvalue weighted by molar-refractivity contribution is -0.131. The first-order chi connectivity index (χ1) is 34.4. The molecule has 0 aliphatic heterocycles. The number of allylic oxidation sites excluding steroid dienone is 1. The van der Waals surface area contributed by atoms with Crippen molar-refractivity contribution < 1.29 is 9.90 Å². The lowest BCUT2D eigenvalue weighted by atomic mass is 10.1. The van der Waals surface area contributed by atoms with Gasteiger partial charge in [-0.05, 0) is 159 Å². The van der Waals surface area contributed by atoms with E-state index in [1.54, 1.807) is 46.9 Å². The number of carboxylic acid groups (broad SMARTS) is 1. The van der Waals surface area contributed by atoms with Gasteiger partial charge >= 0.3 is 5.97 Å². The molecule has 10 rings (SSSR count). The van der Waals surface area contributed by atoms with Crippen LogP contribution in [0.4, 0.5) is 5.82 Å². The van der Waals surface area contributed by atoms with Crippen LogP contribution in [-0.2, 0) is 4.79 Å². The SMILES string of the molecule is C/C=C/C(=O)O.Cc1c(Br)c(=O)n(C2CCCC2)c2nc(Cl)ncc12.Cc1cc(=O)n(C2CCCC2)c2nc(Cl)ncc12.Cc1cnc(Cl)nc1Cl.Cc1cnc(Cl)nc1NC1CCCC1.NC1CCCC1. The summed E-state index contributed by atoms with van der Waals surface area (Å²) in [4.78, 5) is 66.3. The fraction of sp³-hybridized carbons (Fsp3) is 0.500. The van der Waals surface area contributed by atoms with Crippen molar-refractivity contribution >= 4 is 108 Å². The van der Waals surface area contributed by atoms with E-state index in [2.05, 4.69) is 61.1 Å². The van der Waals surface area contributed by atoms with Crippen LogP contribution in [0.15, 0.2) is 57.1 Å². The number of nitrogens with zero attached hydrogens (tertiary/aromatic N) is 10. The second kappa shape index (κ2) is 28.9. The van der Waals surface area contributed by atoms with Gasteiger partial charge in [0.05, 0.1) is 4.47 Å². The summed E-state index contributed by atoms with van der Waals surface area (Å²) in [6.45, 7) is 9.27. The minimum Gasteiger partial charge on any atom is -0.478 e. The molecule has 0 bridgehead atoms. The van der Waals surface area contributed by atoms with Crippen LogP contribution in [0.3, 0.4) is 0 Å². The molecule has 0 saturated heterocycles. The number of carboxylic acids is 1. The minimum absolute atomic E-state index is 0.0154. The van der Waals surface area contributed by atoms with Crippen LogP contribution in [0.25, 0.3) is 22.1 Å². The molecule has 16 nitrogen and oxygen atoms in total. The number of nitrogens with one attached hydrogen (secondary N) is 1. The van der Waals surface area contributed by atoms with Crippen LogP contribution < -0.4 is 22.2 Å². The van der Waals surface area contributed by atoms with E-state index in [0.717, 1.165) is 83.4 Å². The van der Waals surface area contributed by atoms with E-state index in [9.17, 15) is 14.4 Å². The fourth-order valence-corrected chi connectivity index (χ4v) is 9.98. The number of fused-ring (bicyclic) bond motifs is 2. The number of aliphatic carboxylic acids is 1. The molecular weight excluding hydrogens is 1090 g/mol. The zero-order chi connectivity index (χ0) is 52.5. The van der Waals surface area contributed by atoms with Crippen molar-refractivity contribution in [2.24, 2.45) is 5.73 Å². The van der Waals surface area contributed by atoms with Gasteiger partial charge in [0.1, 0.15) is 22.3 Å². The Bertz CT molecular complexity index is 2920. The van der Waals surface area contributed by atoms with Gasteiger partial charge in [-0.1, -0.05) is 69.0 Å². The molecule has 6 heterocycles. The van der Waals surface area contributed by atoms with Crippen molar-refractivity contribution in [3.8, 4) is 0 Å². The molecule has 388 valence electrons. The third-order valence-corrected chi connectivity index (χ3v) is 14.7. The van der Waals surface area contributed by atoms with E-state index in [0.29, 0.717) is 38.3 Å². The zero-order valence-corrected chi connectivity index (χ0v) is 46.5. The normalized spacial score (nSPS) is 15.9. The Balaban J connectivity index is 0.000000169. The number of aromatic nitrogens is 10. The number of anilines is 1. The average Bonchev–Trinajstić information content (AvgIpc) is 4.21. The number of halogens is 6. The van der Waals surface area contributed by atoms with Gasteiger partial charge in [-0.25, -0.2) is 34.7 Å². The van der Waals surface area contributed by atoms with Crippen molar-refractivity contribution in [3.63, 3.8) is 0 Å². The van der Waals surface area contributed by atoms with Gasteiger partial charge in [0.15, 0.2) is 0 Å². The van der Waals surface area contributed by atoms with Crippen LogP contribution in [0, 0.1) is 27.7 Å². The zero-order valence-electron chi connectivity index (χ0n) is 41.2. The van der Waals surface area contributed by atoms with Gasteiger partial charge in [0.2, 0.25) is 21.1 Å². The maximum absolute atomic E-state index is 12.5. The molecule has 4 aliphatic carbocycles. The molecule has 4 N–H and O–H groups in total. The van der Waals surface area contributed by atoms with Crippen molar-refractivity contribution in [2.45, 2.75) is 162 Å². The Morgan fingerprint density at radius 1 is 0.653 bits per heavy atom. The van der Waals surface area contributed by atoms with E-state index >= 15 is 0 Å². The molecule has 0 aromatic carbocycles. The Morgan fingerprint density at radius 3 is 1.60 bits per heavy atom. The summed E-state index contributed by atoms with van der Waals surface area (Å²) in [6.07, 6.45) is 28.4. The van der Waals surface area contributed by atoms with Crippen LogP contribution in [0.1, 0.15) is 144 Å². The number of hydrogen-bond donors (Lipinski definition) is 3. The second-order valence-electron chi connectivity index (χ2n) is 18.1. The second-order valence-corrected chi connectivity index (χ2v) is 20.6. The summed E-state index contributed by atoms with van der Waals surface area (Å²) in [6, 6.07) is 3.26. The Labute approximate surface area is 453 Å². The first-order valence-corrected chi connectivity index (χ1v) is 26.8. The molecule has 0 atom stereocenters. The minimum atomic E-state index is -0.891. The Kier molecular flexibility index (Phi) is 23.5. The Morgan fingerprint density at radius 2 is 1.11 bits per heavy atom. The van der Waals surface area contributed by atoms with E-state index in [-0.39, 0.29) is 39.1 Å². The summed E-state index contributed by atoms with van der Waals surface area (Å²) in [5.41, 5.74) is 10.5. The molecule has 0 radical (unpaired) electrons. The molecular formula is C50H62BrCl5N12O4. The lowest BCUT2D eigenvalue weighted by Gasteiger charge is -2.18. The van der Waals surface area contributed by atoms with Crippen LogP contribution in [0.2, 0.25) is 26.3 Å². The van der Waals surface area contributed by atoms with Crippen molar-refractivity contribution in [1.29, 1.82) is 0 Å². The maximum atomic E-state index is 12.5. The lowest BCUT2D eigenvalue weighted by Crippen LogP contribution is -2.26.